The van der Waals surface area contributed by atoms with Gasteiger partial charge in [0, 0.05) is 6.42 Å². The third-order valence-electron chi connectivity index (χ3n) is 3.77. The summed E-state index contributed by atoms with van der Waals surface area (Å²) in [4.78, 5) is 0. The molecule has 0 rings (SSSR count). The van der Waals surface area contributed by atoms with Crippen molar-refractivity contribution in [3.63, 3.8) is 0 Å². The molecule has 14 heteroatoms. The van der Waals surface area contributed by atoms with Crippen molar-refractivity contribution in [2.75, 3.05) is 0 Å². The van der Waals surface area contributed by atoms with Crippen LogP contribution in [0.5, 0.6) is 0 Å². The molecule has 0 bridgehead atoms. The van der Waals surface area contributed by atoms with E-state index in [2.05, 4.69) is 6.58 Å². The Morgan fingerprint density at radius 2 is 1.00 bits per heavy atom. The number of hydrogen-bond acceptors (Lipinski definition) is 2. The van der Waals surface area contributed by atoms with Gasteiger partial charge in [0.15, 0.2) is 0 Å². The molecule has 2 N–H and O–H groups in total. The van der Waals surface area contributed by atoms with Gasteiger partial charge in [-0.05, 0) is 19.3 Å². The van der Waals surface area contributed by atoms with E-state index in [0.717, 1.165) is 6.92 Å². The summed E-state index contributed by atoms with van der Waals surface area (Å²) in [5, 5.41) is 17.3. The van der Waals surface area contributed by atoms with Crippen LogP contribution in [0.3, 0.4) is 0 Å². The van der Waals surface area contributed by atoms with Crippen molar-refractivity contribution in [3.8, 4) is 0 Å². The lowest BCUT2D eigenvalue weighted by Gasteiger charge is -2.34. The first kappa shape index (κ1) is 30.0. The molecule has 0 saturated carbocycles. The van der Waals surface area contributed by atoms with Crippen LogP contribution in [0.15, 0.2) is 12.2 Å². The summed E-state index contributed by atoms with van der Waals surface area (Å²) in [5.41, 5.74) is -9.71. The zero-order chi connectivity index (χ0) is 24.3. The van der Waals surface area contributed by atoms with E-state index in [1.807, 2.05) is 0 Å². The Kier molecular flexibility index (Phi) is 9.64. The summed E-state index contributed by atoms with van der Waals surface area (Å²) >= 11 is 0. The fourth-order valence-corrected chi connectivity index (χ4v) is 1.84. The van der Waals surface area contributed by atoms with Crippen molar-refractivity contribution in [2.24, 2.45) is 5.92 Å². The highest BCUT2D eigenvalue weighted by molar-refractivity contribution is 5.05. The second kappa shape index (κ2) is 9.31. The standard InChI is InChI=1S/C8H12F6O.C7H8F6O/c1-3-5(2)4-6(15,7(9,10)11)8(12,13)14;1-4(2)3-5(14,6(8,9)10)7(11,12)13/h5,15H,3-4H2,1-2H3;14H,1,3H2,2H3. The van der Waals surface area contributed by atoms with Gasteiger partial charge < -0.3 is 10.2 Å². The topological polar surface area (TPSA) is 40.5 Å². The number of alkyl halides is 12. The van der Waals surface area contributed by atoms with Crippen molar-refractivity contribution in [3.05, 3.63) is 12.2 Å². The summed E-state index contributed by atoms with van der Waals surface area (Å²) < 4.78 is 144. The van der Waals surface area contributed by atoms with Crippen LogP contribution in [0.25, 0.3) is 0 Å². The predicted octanol–water partition coefficient (Wildman–Crippen LogP) is 6.09. The molecule has 29 heavy (non-hydrogen) atoms. The molecule has 0 aliphatic carbocycles. The lowest BCUT2D eigenvalue weighted by atomic mass is 9.89. The zero-order valence-corrected chi connectivity index (χ0v) is 15.3. The molecule has 0 amide bonds. The molecule has 0 aliphatic rings. The second-order valence-electron chi connectivity index (χ2n) is 6.56. The molecule has 2 nitrogen and oxygen atoms in total. The molecule has 0 aromatic rings. The van der Waals surface area contributed by atoms with Gasteiger partial charge in [0.2, 0.25) is 0 Å². The van der Waals surface area contributed by atoms with Crippen LogP contribution in [0.1, 0.15) is 40.0 Å². The second-order valence-corrected chi connectivity index (χ2v) is 6.56. The van der Waals surface area contributed by atoms with E-state index in [0.29, 0.717) is 0 Å². The molecule has 0 radical (unpaired) electrons. The van der Waals surface area contributed by atoms with E-state index >= 15 is 0 Å². The normalized spacial score (nSPS) is 15.5. The number of aliphatic hydroxyl groups is 2. The number of hydrogen-bond donors (Lipinski definition) is 2. The highest BCUT2D eigenvalue weighted by Crippen LogP contribution is 2.47. The van der Waals surface area contributed by atoms with Crippen molar-refractivity contribution in [1.82, 2.24) is 0 Å². The predicted molar refractivity (Wildman–Crippen MR) is 77.6 cm³/mol. The van der Waals surface area contributed by atoms with E-state index in [1.165, 1.54) is 13.8 Å². The lowest BCUT2D eigenvalue weighted by Crippen LogP contribution is -2.57. The molecule has 1 atom stereocenters. The van der Waals surface area contributed by atoms with E-state index < -0.39 is 60.2 Å². The van der Waals surface area contributed by atoms with Crippen molar-refractivity contribution >= 4 is 0 Å². The average molecular weight is 460 g/mol. The fraction of sp³-hybridized carbons (Fsp3) is 0.867. The quantitative estimate of drug-likeness (QED) is 0.385. The monoisotopic (exact) mass is 460 g/mol. The molecule has 0 heterocycles. The fourth-order valence-electron chi connectivity index (χ4n) is 1.84. The Hall–Kier alpha value is -1.18. The number of rotatable bonds is 5. The Morgan fingerprint density at radius 3 is 1.14 bits per heavy atom. The van der Waals surface area contributed by atoms with Crippen LogP contribution >= 0.6 is 0 Å². The molecule has 0 saturated heterocycles. The van der Waals surface area contributed by atoms with Gasteiger partial charge in [-0.25, -0.2) is 0 Å². The zero-order valence-electron chi connectivity index (χ0n) is 15.3. The van der Waals surface area contributed by atoms with E-state index in [-0.39, 0.29) is 6.42 Å². The summed E-state index contributed by atoms with van der Waals surface area (Å²) in [6, 6.07) is 0. The minimum Gasteiger partial charge on any atom is -0.374 e. The molecule has 0 aliphatic heterocycles. The van der Waals surface area contributed by atoms with Gasteiger partial charge in [-0.3, -0.25) is 0 Å². The first-order valence-corrected chi connectivity index (χ1v) is 7.73. The first-order chi connectivity index (χ1) is 12.4. The van der Waals surface area contributed by atoms with Gasteiger partial charge in [-0.15, -0.1) is 6.58 Å². The summed E-state index contributed by atoms with van der Waals surface area (Å²) in [6.07, 6.45) is -25.7. The van der Waals surface area contributed by atoms with Crippen LogP contribution in [0.2, 0.25) is 0 Å². The van der Waals surface area contributed by atoms with E-state index in [1.54, 1.807) is 0 Å². The maximum Gasteiger partial charge on any atom is 0.426 e. The lowest BCUT2D eigenvalue weighted by molar-refractivity contribution is -0.372. The Bertz CT molecular complexity index is 499. The van der Waals surface area contributed by atoms with Gasteiger partial charge >= 0.3 is 24.7 Å². The van der Waals surface area contributed by atoms with Crippen LogP contribution in [-0.2, 0) is 0 Å². The van der Waals surface area contributed by atoms with Gasteiger partial charge in [0.05, 0.1) is 0 Å². The minimum absolute atomic E-state index is 0.133. The van der Waals surface area contributed by atoms with Gasteiger partial charge in [0.25, 0.3) is 11.2 Å². The Labute approximate surface area is 158 Å². The number of halogens is 12. The Balaban J connectivity index is 0. The molecule has 0 spiro atoms. The maximum absolute atomic E-state index is 12.1. The van der Waals surface area contributed by atoms with E-state index in [9.17, 15) is 52.7 Å². The smallest absolute Gasteiger partial charge is 0.374 e. The highest BCUT2D eigenvalue weighted by Gasteiger charge is 2.70. The molecule has 1 unspecified atom stereocenters. The van der Waals surface area contributed by atoms with Crippen LogP contribution < -0.4 is 0 Å². The summed E-state index contributed by atoms with van der Waals surface area (Å²) in [6.45, 7) is 6.56. The van der Waals surface area contributed by atoms with Crippen molar-refractivity contribution in [2.45, 2.75) is 75.9 Å². The third kappa shape index (κ3) is 7.54. The molecular formula is C15H20F12O2. The molecule has 0 aromatic heterocycles. The van der Waals surface area contributed by atoms with E-state index in [4.69, 9.17) is 10.2 Å². The molecular weight excluding hydrogens is 440 g/mol. The van der Waals surface area contributed by atoms with Gasteiger partial charge in [-0.1, -0.05) is 25.8 Å². The van der Waals surface area contributed by atoms with Gasteiger partial charge in [-0.2, -0.15) is 52.7 Å². The third-order valence-corrected chi connectivity index (χ3v) is 3.77. The largest absolute Gasteiger partial charge is 0.426 e. The highest BCUT2D eigenvalue weighted by atomic mass is 19.4. The van der Waals surface area contributed by atoms with Crippen LogP contribution in [-0.4, -0.2) is 46.1 Å². The molecule has 0 aromatic carbocycles. The maximum atomic E-state index is 12.1. The van der Waals surface area contributed by atoms with Crippen molar-refractivity contribution in [1.29, 1.82) is 0 Å². The summed E-state index contributed by atoms with van der Waals surface area (Å²) in [7, 11) is 0. The van der Waals surface area contributed by atoms with Gasteiger partial charge in [0.1, 0.15) is 0 Å². The Morgan fingerprint density at radius 1 is 0.724 bits per heavy atom. The first-order valence-electron chi connectivity index (χ1n) is 7.73. The summed E-state index contributed by atoms with van der Waals surface area (Å²) in [5.74, 6) is -0.863. The average Bonchev–Trinajstić information content (AvgIpc) is 2.42. The molecule has 176 valence electrons. The van der Waals surface area contributed by atoms with Crippen LogP contribution in [0.4, 0.5) is 52.7 Å². The van der Waals surface area contributed by atoms with Crippen LogP contribution in [0, 0.1) is 5.92 Å². The minimum atomic E-state index is -5.76. The van der Waals surface area contributed by atoms with Crippen molar-refractivity contribution < 1.29 is 62.9 Å². The molecule has 0 fully saturated rings. The SMILES string of the molecule is C=C(C)CC(O)(C(F)(F)F)C(F)(F)F.CCC(C)CC(O)(C(F)(F)F)C(F)(F)F.